The molecule has 0 aromatic carbocycles. The van der Waals surface area contributed by atoms with Crippen molar-refractivity contribution >= 4 is 11.9 Å². The Morgan fingerprint density at radius 2 is 1.89 bits per heavy atom. The van der Waals surface area contributed by atoms with Gasteiger partial charge in [-0.2, -0.15) is 0 Å². The molecule has 0 aliphatic carbocycles. The van der Waals surface area contributed by atoms with Gasteiger partial charge in [-0.05, 0) is 27.2 Å². The normalized spacial score (nSPS) is 28.5. The van der Waals surface area contributed by atoms with Crippen molar-refractivity contribution in [1.29, 1.82) is 0 Å². The molecule has 19 heavy (non-hydrogen) atoms. The molecule has 6 nitrogen and oxygen atoms in total. The van der Waals surface area contributed by atoms with Crippen LogP contribution in [0.2, 0.25) is 0 Å². The van der Waals surface area contributed by atoms with E-state index < -0.39 is 6.03 Å². The van der Waals surface area contributed by atoms with Crippen LogP contribution in [0.15, 0.2) is 0 Å². The SMILES string of the molecule is CC[C@@H](C)NC(=O)NC(=O)C[NH+]1C[C@@H](C)O[C@@H](C)C1. The second-order valence-electron chi connectivity index (χ2n) is 5.42. The topological polar surface area (TPSA) is 71.9 Å². The van der Waals surface area contributed by atoms with Crippen LogP contribution in [-0.2, 0) is 9.53 Å². The minimum atomic E-state index is -0.409. The Bertz CT molecular complexity index is 312. The molecular formula is C13H26N3O3+. The van der Waals surface area contributed by atoms with E-state index in [9.17, 15) is 9.59 Å². The average molecular weight is 272 g/mol. The van der Waals surface area contributed by atoms with E-state index in [1.165, 1.54) is 0 Å². The molecule has 1 aliphatic heterocycles. The third-order valence-corrected chi connectivity index (χ3v) is 3.27. The molecule has 0 saturated carbocycles. The number of amides is 3. The summed E-state index contributed by atoms with van der Waals surface area (Å²) in [5.74, 6) is -0.239. The van der Waals surface area contributed by atoms with Crippen LogP contribution in [0.1, 0.15) is 34.1 Å². The molecular weight excluding hydrogens is 246 g/mol. The number of quaternary nitrogens is 1. The van der Waals surface area contributed by atoms with Gasteiger partial charge in [0.2, 0.25) is 0 Å². The van der Waals surface area contributed by atoms with E-state index in [-0.39, 0.29) is 24.2 Å². The number of urea groups is 1. The van der Waals surface area contributed by atoms with Crippen LogP contribution in [-0.4, -0.2) is 49.8 Å². The summed E-state index contributed by atoms with van der Waals surface area (Å²) in [5, 5.41) is 5.08. The van der Waals surface area contributed by atoms with E-state index in [1.807, 2.05) is 27.7 Å². The maximum absolute atomic E-state index is 11.8. The van der Waals surface area contributed by atoms with Crippen molar-refractivity contribution in [3.8, 4) is 0 Å². The Balaban J connectivity index is 2.32. The van der Waals surface area contributed by atoms with Crippen LogP contribution in [0, 0.1) is 0 Å². The van der Waals surface area contributed by atoms with Crippen LogP contribution >= 0.6 is 0 Å². The molecule has 3 N–H and O–H groups in total. The van der Waals surface area contributed by atoms with E-state index >= 15 is 0 Å². The fourth-order valence-electron chi connectivity index (χ4n) is 2.29. The lowest BCUT2D eigenvalue weighted by molar-refractivity contribution is -0.907. The second kappa shape index (κ2) is 7.45. The van der Waals surface area contributed by atoms with Crippen LogP contribution in [0.4, 0.5) is 4.79 Å². The van der Waals surface area contributed by atoms with Crippen LogP contribution < -0.4 is 15.5 Å². The summed E-state index contributed by atoms with van der Waals surface area (Å²) < 4.78 is 5.61. The summed E-state index contributed by atoms with van der Waals surface area (Å²) in [4.78, 5) is 24.4. The van der Waals surface area contributed by atoms with Gasteiger partial charge in [0.1, 0.15) is 25.3 Å². The van der Waals surface area contributed by atoms with Gasteiger partial charge in [0.25, 0.3) is 5.91 Å². The van der Waals surface area contributed by atoms with Crippen molar-refractivity contribution in [2.75, 3.05) is 19.6 Å². The number of morpholine rings is 1. The molecule has 1 fully saturated rings. The maximum atomic E-state index is 11.8. The number of carbonyl (C=O) groups excluding carboxylic acids is 2. The lowest BCUT2D eigenvalue weighted by atomic mass is 10.2. The van der Waals surface area contributed by atoms with E-state index in [1.54, 1.807) is 0 Å². The molecule has 1 unspecified atom stereocenters. The van der Waals surface area contributed by atoms with E-state index in [0.717, 1.165) is 24.4 Å². The van der Waals surface area contributed by atoms with Crippen molar-refractivity contribution in [3.63, 3.8) is 0 Å². The molecule has 1 rings (SSSR count). The molecule has 1 aliphatic rings. The number of rotatable bonds is 4. The lowest BCUT2D eigenvalue weighted by Gasteiger charge is -2.31. The standard InChI is InChI=1S/C13H25N3O3/c1-5-9(2)14-13(18)15-12(17)8-16-6-10(3)19-11(4)7-16/h9-11H,5-8H2,1-4H3,(H2,14,15,17,18)/p+1/t9-,10-,11+/m1/s1. The number of imide groups is 1. The summed E-state index contributed by atoms with van der Waals surface area (Å²) in [5.41, 5.74) is 0. The number of ether oxygens (including phenoxy) is 1. The zero-order valence-corrected chi connectivity index (χ0v) is 12.3. The minimum absolute atomic E-state index is 0.0728. The largest absolute Gasteiger partial charge is 0.364 e. The van der Waals surface area contributed by atoms with Gasteiger partial charge >= 0.3 is 6.03 Å². The van der Waals surface area contributed by atoms with Crippen LogP contribution in [0.3, 0.4) is 0 Å². The van der Waals surface area contributed by atoms with Gasteiger partial charge in [-0.3, -0.25) is 10.1 Å². The zero-order valence-electron chi connectivity index (χ0n) is 12.3. The Morgan fingerprint density at radius 1 is 1.32 bits per heavy atom. The fraction of sp³-hybridized carbons (Fsp3) is 0.846. The summed E-state index contributed by atoms with van der Waals surface area (Å²) in [6.45, 7) is 9.79. The van der Waals surface area contributed by atoms with Crippen molar-refractivity contribution < 1.29 is 19.2 Å². The summed E-state index contributed by atoms with van der Waals surface area (Å²) in [6.07, 6.45) is 1.15. The van der Waals surface area contributed by atoms with Crippen molar-refractivity contribution in [2.24, 2.45) is 0 Å². The van der Waals surface area contributed by atoms with Crippen molar-refractivity contribution in [1.82, 2.24) is 10.6 Å². The Morgan fingerprint density at radius 3 is 2.42 bits per heavy atom. The summed E-state index contributed by atoms with van der Waals surface area (Å²) >= 11 is 0. The van der Waals surface area contributed by atoms with Gasteiger partial charge < -0.3 is 15.0 Å². The first-order valence-electron chi connectivity index (χ1n) is 7.00. The first-order chi connectivity index (χ1) is 8.90. The van der Waals surface area contributed by atoms with E-state index in [2.05, 4.69) is 10.6 Å². The average Bonchev–Trinajstić information content (AvgIpc) is 2.26. The molecule has 0 radical (unpaired) electrons. The molecule has 0 spiro atoms. The smallest absolute Gasteiger partial charge is 0.321 e. The van der Waals surface area contributed by atoms with Gasteiger partial charge in [0.15, 0.2) is 6.54 Å². The highest BCUT2D eigenvalue weighted by Gasteiger charge is 2.27. The number of carbonyl (C=O) groups is 2. The first kappa shape index (κ1) is 15.9. The summed E-state index contributed by atoms with van der Waals surface area (Å²) in [6, 6.07) is -0.336. The summed E-state index contributed by atoms with van der Waals surface area (Å²) in [7, 11) is 0. The third-order valence-electron chi connectivity index (χ3n) is 3.27. The van der Waals surface area contributed by atoms with E-state index in [4.69, 9.17) is 4.74 Å². The van der Waals surface area contributed by atoms with Gasteiger partial charge in [0.05, 0.1) is 0 Å². The van der Waals surface area contributed by atoms with Gasteiger partial charge in [-0.1, -0.05) is 6.92 Å². The Labute approximate surface area is 114 Å². The Kier molecular flexibility index (Phi) is 6.24. The zero-order chi connectivity index (χ0) is 14.4. The van der Waals surface area contributed by atoms with Crippen LogP contribution in [0.25, 0.3) is 0 Å². The highest BCUT2D eigenvalue weighted by atomic mass is 16.5. The minimum Gasteiger partial charge on any atom is -0.364 e. The molecule has 3 amide bonds. The van der Waals surface area contributed by atoms with E-state index in [0.29, 0.717) is 6.54 Å². The second-order valence-corrected chi connectivity index (χ2v) is 5.42. The van der Waals surface area contributed by atoms with Gasteiger partial charge in [-0.25, -0.2) is 4.79 Å². The molecule has 0 aromatic rings. The quantitative estimate of drug-likeness (QED) is 0.634. The first-order valence-corrected chi connectivity index (χ1v) is 7.00. The van der Waals surface area contributed by atoms with Gasteiger partial charge in [0, 0.05) is 6.04 Å². The predicted octanol–water partition coefficient (Wildman–Crippen LogP) is -0.697. The molecule has 110 valence electrons. The monoisotopic (exact) mass is 272 g/mol. The number of nitrogens with one attached hydrogen (secondary N) is 3. The van der Waals surface area contributed by atoms with Gasteiger partial charge in [-0.15, -0.1) is 0 Å². The van der Waals surface area contributed by atoms with Crippen LogP contribution in [0.5, 0.6) is 0 Å². The highest BCUT2D eigenvalue weighted by molar-refractivity contribution is 5.94. The molecule has 0 bridgehead atoms. The van der Waals surface area contributed by atoms with Crippen molar-refractivity contribution in [2.45, 2.75) is 52.4 Å². The molecule has 6 heteroatoms. The molecule has 0 aromatic heterocycles. The molecule has 4 atom stereocenters. The molecule has 1 heterocycles. The van der Waals surface area contributed by atoms with Crippen molar-refractivity contribution in [3.05, 3.63) is 0 Å². The highest BCUT2D eigenvalue weighted by Crippen LogP contribution is 1.97. The number of hydrogen-bond donors (Lipinski definition) is 3. The predicted molar refractivity (Wildman–Crippen MR) is 72.0 cm³/mol. The molecule has 1 saturated heterocycles. The lowest BCUT2D eigenvalue weighted by Crippen LogP contribution is -3.16. The number of hydrogen-bond acceptors (Lipinski definition) is 3. The Hall–Kier alpha value is -1.14. The fourth-order valence-corrected chi connectivity index (χ4v) is 2.29. The maximum Gasteiger partial charge on any atom is 0.321 e. The third kappa shape index (κ3) is 6.02.